The van der Waals surface area contributed by atoms with E-state index in [1.807, 2.05) is 0 Å². The molecule has 0 aliphatic rings. The largest absolute Gasteiger partial charge is 0.490 e. The molecule has 184 valence electrons. The van der Waals surface area contributed by atoms with Crippen molar-refractivity contribution in [1.29, 1.82) is 0 Å². The second-order valence-corrected chi connectivity index (χ2v) is 7.57. The maximum Gasteiger partial charge on any atom is 0.329 e. The minimum absolute atomic E-state index is 0.232. The van der Waals surface area contributed by atoms with E-state index in [1.165, 1.54) is 6.21 Å². The molecule has 0 saturated carbocycles. The first-order valence-electron chi connectivity index (χ1n) is 10.7. The monoisotopic (exact) mass is 506 g/mol. The van der Waals surface area contributed by atoms with E-state index in [0.717, 1.165) is 0 Å². The third kappa shape index (κ3) is 8.30. The Labute approximate surface area is 212 Å². The van der Waals surface area contributed by atoms with Crippen LogP contribution in [0.15, 0.2) is 90.6 Å². The van der Waals surface area contributed by atoms with E-state index in [9.17, 15) is 14.4 Å². The summed E-state index contributed by atoms with van der Waals surface area (Å²) in [6, 6.07) is 20.1. The van der Waals surface area contributed by atoms with Gasteiger partial charge in [-0.15, -0.1) is 0 Å². The molecule has 0 aliphatic carbocycles. The molecule has 0 aliphatic heterocycles. The first-order chi connectivity index (χ1) is 17.4. The Morgan fingerprint density at radius 1 is 0.889 bits per heavy atom. The van der Waals surface area contributed by atoms with Gasteiger partial charge in [-0.3, -0.25) is 14.4 Å². The molecule has 0 unspecified atom stereocenters. The van der Waals surface area contributed by atoms with E-state index in [4.69, 9.17) is 21.1 Å². The molecule has 0 radical (unpaired) electrons. The molecule has 3 rings (SSSR count). The number of nitrogens with one attached hydrogen (secondary N) is 3. The van der Waals surface area contributed by atoms with Gasteiger partial charge in [-0.25, -0.2) is 5.43 Å². The number of ether oxygens (including phenoxy) is 2. The van der Waals surface area contributed by atoms with Crippen molar-refractivity contribution in [1.82, 2.24) is 5.43 Å². The van der Waals surface area contributed by atoms with Gasteiger partial charge < -0.3 is 20.1 Å². The number of hydrogen-bond donors (Lipinski definition) is 3. The summed E-state index contributed by atoms with van der Waals surface area (Å²) in [7, 11) is 0. The third-order valence-electron chi connectivity index (χ3n) is 4.44. The minimum Gasteiger partial charge on any atom is -0.490 e. The molecule has 3 aromatic rings. The Bertz CT molecular complexity index is 1260. The van der Waals surface area contributed by atoms with Crippen LogP contribution in [-0.4, -0.2) is 37.1 Å². The molecule has 9 nitrogen and oxygen atoms in total. The van der Waals surface area contributed by atoms with Crippen molar-refractivity contribution in [3.05, 3.63) is 96.0 Å². The number of anilines is 2. The standard InChI is InChI=1S/C26H23ClN4O5/c1-2-14-35-20-12-10-19(11-13-20)29-25(33)26(34)31-28-16-18-6-5-7-21(15-18)36-17-24(32)30-23-9-4-3-8-22(23)27/h2-13,15-16H,1,14,17H2,(H,29,33)(H,30,32)(H,31,34)/b28-16-. The molecule has 0 fully saturated rings. The van der Waals surface area contributed by atoms with E-state index in [2.05, 4.69) is 27.7 Å². The lowest BCUT2D eigenvalue weighted by atomic mass is 10.2. The average molecular weight is 507 g/mol. The molecule has 0 heterocycles. The van der Waals surface area contributed by atoms with Crippen molar-refractivity contribution in [2.24, 2.45) is 5.10 Å². The Balaban J connectivity index is 1.46. The molecule has 0 bridgehead atoms. The van der Waals surface area contributed by atoms with Gasteiger partial charge in [0.1, 0.15) is 18.1 Å². The van der Waals surface area contributed by atoms with Gasteiger partial charge in [0.2, 0.25) is 0 Å². The number of halogens is 1. The summed E-state index contributed by atoms with van der Waals surface area (Å²) >= 11 is 6.03. The lowest BCUT2D eigenvalue weighted by Gasteiger charge is -2.09. The van der Waals surface area contributed by atoms with Crippen LogP contribution in [0.1, 0.15) is 5.56 Å². The summed E-state index contributed by atoms with van der Waals surface area (Å²) in [4.78, 5) is 36.2. The van der Waals surface area contributed by atoms with E-state index in [-0.39, 0.29) is 12.5 Å². The normalized spacial score (nSPS) is 10.4. The third-order valence-corrected chi connectivity index (χ3v) is 4.77. The van der Waals surface area contributed by atoms with E-state index in [1.54, 1.807) is 78.9 Å². The van der Waals surface area contributed by atoms with Crippen LogP contribution in [0.25, 0.3) is 0 Å². The SMILES string of the molecule is C=CCOc1ccc(NC(=O)C(=O)N/N=C\c2cccc(OCC(=O)Nc3ccccc3Cl)c2)cc1. The highest BCUT2D eigenvalue weighted by Gasteiger charge is 2.13. The highest BCUT2D eigenvalue weighted by molar-refractivity contribution is 6.39. The van der Waals surface area contributed by atoms with Crippen molar-refractivity contribution >= 4 is 46.9 Å². The fourth-order valence-corrected chi connectivity index (χ4v) is 2.96. The molecule has 3 amide bonds. The Kier molecular flexibility index (Phi) is 9.60. The van der Waals surface area contributed by atoms with Crippen molar-refractivity contribution in [2.45, 2.75) is 0 Å². The van der Waals surface area contributed by atoms with Crippen LogP contribution in [0, 0.1) is 0 Å². The van der Waals surface area contributed by atoms with Crippen molar-refractivity contribution in [3.63, 3.8) is 0 Å². The quantitative estimate of drug-likeness (QED) is 0.166. The molecular weight excluding hydrogens is 484 g/mol. The molecule has 10 heteroatoms. The van der Waals surface area contributed by atoms with Crippen LogP contribution < -0.4 is 25.5 Å². The highest BCUT2D eigenvalue weighted by atomic mass is 35.5. The number of hydrazone groups is 1. The first-order valence-corrected chi connectivity index (χ1v) is 11.1. The maximum absolute atomic E-state index is 12.1. The highest BCUT2D eigenvalue weighted by Crippen LogP contribution is 2.20. The average Bonchev–Trinajstić information content (AvgIpc) is 2.88. The first kappa shape index (κ1) is 26.0. The van der Waals surface area contributed by atoms with Gasteiger partial charge in [0.05, 0.1) is 16.9 Å². The molecule has 36 heavy (non-hydrogen) atoms. The van der Waals surface area contributed by atoms with E-state index >= 15 is 0 Å². The van der Waals surface area contributed by atoms with Crippen LogP contribution in [0.4, 0.5) is 11.4 Å². The Hall–Kier alpha value is -4.63. The number of rotatable bonds is 10. The zero-order valence-corrected chi connectivity index (χ0v) is 19.8. The molecular formula is C26H23ClN4O5. The molecule has 3 N–H and O–H groups in total. The summed E-state index contributed by atoms with van der Waals surface area (Å²) in [5.41, 5.74) is 3.65. The number of para-hydroxylation sites is 1. The fourth-order valence-electron chi connectivity index (χ4n) is 2.78. The van der Waals surface area contributed by atoms with Crippen LogP contribution >= 0.6 is 11.6 Å². The number of carbonyl (C=O) groups excluding carboxylic acids is 3. The van der Waals surface area contributed by atoms with Gasteiger partial charge in [-0.05, 0) is 54.1 Å². The van der Waals surface area contributed by atoms with Crippen LogP contribution in [0.5, 0.6) is 11.5 Å². The number of benzene rings is 3. The minimum atomic E-state index is -0.943. The van der Waals surface area contributed by atoms with Gasteiger partial charge in [-0.1, -0.05) is 48.5 Å². The predicted octanol–water partition coefficient (Wildman–Crippen LogP) is 4.01. The Morgan fingerprint density at radius 2 is 1.67 bits per heavy atom. The van der Waals surface area contributed by atoms with Gasteiger partial charge in [0.25, 0.3) is 5.91 Å². The van der Waals surface area contributed by atoms with E-state index < -0.39 is 11.8 Å². The maximum atomic E-state index is 12.1. The van der Waals surface area contributed by atoms with Gasteiger partial charge in [-0.2, -0.15) is 5.10 Å². The Morgan fingerprint density at radius 3 is 2.42 bits per heavy atom. The smallest absolute Gasteiger partial charge is 0.329 e. The zero-order valence-electron chi connectivity index (χ0n) is 19.1. The zero-order chi connectivity index (χ0) is 25.8. The molecule has 0 aromatic heterocycles. The number of nitrogens with zero attached hydrogens (tertiary/aromatic N) is 1. The van der Waals surface area contributed by atoms with E-state index in [0.29, 0.717) is 40.1 Å². The molecule has 0 spiro atoms. The van der Waals surface area contributed by atoms with Crippen LogP contribution in [0.3, 0.4) is 0 Å². The lowest BCUT2D eigenvalue weighted by Crippen LogP contribution is -2.32. The fraction of sp³-hybridized carbons (Fsp3) is 0.0769. The molecule has 0 atom stereocenters. The summed E-state index contributed by atoms with van der Waals surface area (Å²) < 4.78 is 10.9. The summed E-state index contributed by atoms with van der Waals surface area (Å²) in [6.07, 6.45) is 2.96. The van der Waals surface area contributed by atoms with Crippen molar-refractivity contribution in [2.75, 3.05) is 23.8 Å². The van der Waals surface area contributed by atoms with Crippen LogP contribution in [0.2, 0.25) is 5.02 Å². The van der Waals surface area contributed by atoms with Crippen molar-refractivity contribution in [3.8, 4) is 11.5 Å². The molecule has 3 aromatic carbocycles. The number of amides is 3. The van der Waals surface area contributed by atoms with Crippen LogP contribution in [-0.2, 0) is 14.4 Å². The van der Waals surface area contributed by atoms with Gasteiger partial charge >= 0.3 is 11.8 Å². The van der Waals surface area contributed by atoms with Gasteiger partial charge in [0.15, 0.2) is 6.61 Å². The second-order valence-electron chi connectivity index (χ2n) is 7.17. The summed E-state index contributed by atoms with van der Waals surface area (Å²) in [6.45, 7) is 3.70. The van der Waals surface area contributed by atoms with Gasteiger partial charge in [0, 0.05) is 5.69 Å². The predicted molar refractivity (Wildman–Crippen MR) is 139 cm³/mol. The van der Waals surface area contributed by atoms with Crippen molar-refractivity contribution < 1.29 is 23.9 Å². The number of hydrogen-bond acceptors (Lipinski definition) is 6. The molecule has 0 saturated heterocycles. The topological polar surface area (TPSA) is 118 Å². The lowest BCUT2D eigenvalue weighted by molar-refractivity contribution is -0.136. The summed E-state index contributed by atoms with van der Waals surface area (Å²) in [5, 5.41) is 9.34. The second kappa shape index (κ2) is 13.3. The number of carbonyl (C=O) groups is 3. The summed E-state index contributed by atoms with van der Waals surface area (Å²) in [5.74, 6) is -1.18.